The van der Waals surface area contributed by atoms with Gasteiger partial charge in [-0.3, -0.25) is 14.8 Å². The Balaban J connectivity index is 1.18. The highest BCUT2D eigenvalue weighted by Gasteiger charge is 2.39. The number of benzene rings is 1. The van der Waals surface area contributed by atoms with Gasteiger partial charge in [-0.05, 0) is 79.6 Å². The van der Waals surface area contributed by atoms with Gasteiger partial charge in [0.05, 0.1) is 39.8 Å². The highest BCUT2D eigenvalue weighted by Crippen LogP contribution is 2.47. The molecule has 1 fully saturated rings. The summed E-state index contributed by atoms with van der Waals surface area (Å²) in [6.45, 7) is 0.948. The maximum atomic E-state index is 12.9. The lowest BCUT2D eigenvalue weighted by Gasteiger charge is -2.10. The van der Waals surface area contributed by atoms with Crippen LogP contribution in [0.5, 0.6) is 0 Å². The maximum absolute atomic E-state index is 12.9. The zero-order valence-electron chi connectivity index (χ0n) is 21.8. The molecule has 1 N–H and O–H groups in total. The van der Waals surface area contributed by atoms with Crippen molar-refractivity contribution in [2.24, 2.45) is 5.92 Å². The maximum Gasteiger partial charge on any atom is 0.251 e. The summed E-state index contributed by atoms with van der Waals surface area (Å²) in [7, 11) is -1.64. The van der Waals surface area contributed by atoms with Crippen LogP contribution in [0.2, 0.25) is 0 Å². The molecule has 1 saturated carbocycles. The molecule has 0 bridgehead atoms. The van der Waals surface area contributed by atoms with Crippen LogP contribution >= 0.6 is 0 Å². The number of pyridine rings is 3. The smallest absolute Gasteiger partial charge is 0.251 e. The molecule has 0 radical (unpaired) electrons. The Kier molecular flexibility index (Phi) is 6.86. The average molecular weight is 543 g/mol. The van der Waals surface area contributed by atoms with Crippen molar-refractivity contribution >= 4 is 26.6 Å². The van der Waals surface area contributed by atoms with Gasteiger partial charge in [0.15, 0.2) is 9.84 Å². The van der Waals surface area contributed by atoms with E-state index in [1.807, 2.05) is 30.3 Å². The molecule has 1 aromatic carbocycles. The van der Waals surface area contributed by atoms with Crippen LogP contribution in [0, 0.1) is 5.92 Å². The lowest BCUT2D eigenvalue weighted by Crippen LogP contribution is -2.23. The Bertz CT molecular complexity index is 1670. The van der Waals surface area contributed by atoms with Gasteiger partial charge in [-0.15, -0.1) is 0 Å². The van der Waals surface area contributed by atoms with Crippen LogP contribution in [0.1, 0.15) is 52.5 Å². The van der Waals surface area contributed by atoms with Crippen molar-refractivity contribution in [3.8, 4) is 11.4 Å². The predicted octanol–water partition coefficient (Wildman–Crippen LogP) is 4.48. The first-order chi connectivity index (χ1) is 18.9. The van der Waals surface area contributed by atoms with Crippen LogP contribution in [0.4, 0.5) is 0 Å². The van der Waals surface area contributed by atoms with E-state index in [1.54, 1.807) is 25.4 Å². The molecule has 8 nitrogen and oxygen atoms in total. The Morgan fingerprint density at radius 3 is 2.79 bits per heavy atom. The number of nitrogens with one attached hydrogen (secondary N) is 1. The number of hydrogen-bond acceptors (Lipinski definition) is 7. The van der Waals surface area contributed by atoms with Gasteiger partial charge in [0.2, 0.25) is 0 Å². The molecule has 2 atom stereocenters. The molecule has 0 spiro atoms. The molecule has 6 rings (SSSR count). The van der Waals surface area contributed by atoms with Gasteiger partial charge in [-0.25, -0.2) is 13.4 Å². The number of methoxy groups -OCH3 is 1. The minimum atomic E-state index is -3.37. The molecular weight excluding hydrogens is 512 g/mol. The van der Waals surface area contributed by atoms with Crippen molar-refractivity contribution in [3.05, 3.63) is 83.3 Å². The normalized spacial score (nSPS) is 19.7. The topological polar surface area (TPSA) is 111 Å². The molecule has 39 heavy (non-hydrogen) atoms. The third-order valence-corrected chi connectivity index (χ3v) is 9.43. The van der Waals surface area contributed by atoms with E-state index in [1.165, 1.54) is 6.07 Å². The Hall–Kier alpha value is -3.69. The molecule has 4 aromatic rings. The number of aromatic nitrogens is 3. The van der Waals surface area contributed by atoms with Gasteiger partial charge in [0.1, 0.15) is 0 Å². The number of ether oxygens (including phenoxy) is 1. The summed E-state index contributed by atoms with van der Waals surface area (Å²) in [5.74, 6) is 0.745. The van der Waals surface area contributed by atoms with Gasteiger partial charge in [0.25, 0.3) is 5.91 Å². The number of amides is 1. The van der Waals surface area contributed by atoms with Crippen molar-refractivity contribution in [1.29, 1.82) is 0 Å². The Morgan fingerprint density at radius 2 is 1.92 bits per heavy atom. The number of fused-ring (bicyclic) bond motifs is 2. The van der Waals surface area contributed by atoms with E-state index >= 15 is 0 Å². The summed E-state index contributed by atoms with van der Waals surface area (Å²) >= 11 is 0. The van der Waals surface area contributed by atoms with Gasteiger partial charge >= 0.3 is 0 Å². The molecule has 0 unspecified atom stereocenters. The molecule has 9 heteroatoms. The lowest BCUT2D eigenvalue weighted by atomic mass is 10.1. The number of nitrogens with zero attached hydrogens (tertiary/aromatic N) is 3. The summed E-state index contributed by atoms with van der Waals surface area (Å²) in [4.78, 5) is 27.4. The van der Waals surface area contributed by atoms with Gasteiger partial charge in [-0.1, -0.05) is 12.1 Å². The molecule has 1 aliphatic heterocycles. The van der Waals surface area contributed by atoms with E-state index in [-0.39, 0.29) is 23.1 Å². The second-order valence-corrected chi connectivity index (χ2v) is 12.4. The fraction of sp³-hybridized carbons (Fsp3) is 0.333. The number of carbonyl (C=O) groups excluding carboxylic acids is 1. The minimum absolute atomic E-state index is 0.121. The van der Waals surface area contributed by atoms with Crippen molar-refractivity contribution < 1.29 is 17.9 Å². The van der Waals surface area contributed by atoms with E-state index in [4.69, 9.17) is 14.7 Å². The van der Waals surface area contributed by atoms with Crippen LogP contribution in [0.25, 0.3) is 22.3 Å². The molecule has 200 valence electrons. The van der Waals surface area contributed by atoms with Crippen LogP contribution in [0.15, 0.2) is 65.7 Å². The largest absolute Gasteiger partial charge is 0.384 e. The summed E-state index contributed by atoms with van der Waals surface area (Å²) in [6, 6.07) is 16.8. The van der Waals surface area contributed by atoms with E-state index in [9.17, 15) is 13.2 Å². The lowest BCUT2D eigenvalue weighted by molar-refractivity contribution is 0.0950. The van der Waals surface area contributed by atoms with Crippen LogP contribution in [0.3, 0.4) is 0 Å². The fourth-order valence-electron chi connectivity index (χ4n) is 5.29. The quantitative estimate of drug-likeness (QED) is 0.366. The number of sulfone groups is 1. The third-order valence-electron chi connectivity index (χ3n) is 7.55. The highest BCUT2D eigenvalue weighted by atomic mass is 32.2. The number of carbonyl (C=O) groups is 1. The molecule has 1 amide bonds. The van der Waals surface area contributed by atoms with E-state index in [0.717, 1.165) is 53.0 Å². The average Bonchev–Trinajstić information content (AvgIpc) is 3.75. The molecule has 4 heterocycles. The highest BCUT2D eigenvalue weighted by molar-refractivity contribution is 7.91. The minimum Gasteiger partial charge on any atom is -0.384 e. The molecular formula is C30H30N4O4S. The zero-order chi connectivity index (χ0) is 27.0. The Labute approximate surface area is 227 Å². The number of rotatable bonds is 7. The van der Waals surface area contributed by atoms with Crippen molar-refractivity contribution in [1.82, 2.24) is 20.3 Å². The van der Waals surface area contributed by atoms with E-state index < -0.39 is 9.84 Å². The third kappa shape index (κ3) is 5.42. The molecule has 1 aliphatic carbocycles. The van der Waals surface area contributed by atoms with E-state index in [2.05, 4.69) is 16.4 Å². The predicted molar refractivity (Wildman–Crippen MR) is 148 cm³/mol. The monoisotopic (exact) mass is 542 g/mol. The first kappa shape index (κ1) is 25.6. The SMILES string of the molecule is COC[C@H]1C[C@H]1c1cccc(-c2ccc3cnc(CNC(=O)c4ccc5c(c4)S(=O)(=O)CCCC5)cc3n2)n1. The molecule has 0 saturated heterocycles. The van der Waals surface area contributed by atoms with Crippen molar-refractivity contribution in [3.63, 3.8) is 0 Å². The molecule has 2 aliphatic rings. The fourth-order valence-corrected chi connectivity index (χ4v) is 6.97. The van der Waals surface area contributed by atoms with Crippen LogP contribution < -0.4 is 5.32 Å². The van der Waals surface area contributed by atoms with Crippen molar-refractivity contribution in [2.45, 2.75) is 43.0 Å². The summed E-state index contributed by atoms with van der Waals surface area (Å²) in [5.41, 5.74) is 5.20. The van der Waals surface area contributed by atoms with Crippen molar-refractivity contribution in [2.75, 3.05) is 19.5 Å². The molecule has 3 aromatic heterocycles. The Morgan fingerprint density at radius 1 is 1.05 bits per heavy atom. The zero-order valence-corrected chi connectivity index (χ0v) is 22.6. The summed E-state index contributed by atoms with van der Waals surface area (Å²) in [5, 5.41) is 3.76. The summed E-state index contributed by atoms with van der Waals surface area (Å²) in [6.07, 6.45) is 5.02. The first-order valence-corrected chi connectivity index (χ1v) is 14.9. The van der Waals surface area contributed by atoms with Crippen LogP contribution in [-0.4, -0.2) is 48.7 Å². The first-order valence-electron chi connectivity index (χ1n) is 13.3. The van der Waals surface area contributed by atoms with Gasteiger partial charge < -0.3 is 10.1 Å². The second kappa shape index (κ2) is 10.5. The van der Waals surface area contributed by atoms with Gasteiger partial charge in [-0.2, -0.15) is 0 Å². The second-order valence-electron chi connectivity index (χ2n) is 10.4. The number of aryl methyl sites for hydroxylation is 1. The van der Waals surface area contributed by atoms with Gasteiger partial charge in [0, 0.05) is 42.5 Å². The standard InChI is InChI=1S/C30H30N4O4S/c1-38-18-22-13-24(22)25-6-4-7-26(33-25)27-11-10-21-16-31-23(15-28(21)34-27)17-32-30(35)20-9-8-19-5-2-3-12-39(36,37)29(19)14-20/h4,6-11,14-16,22,24H,2-3,5,12-13,17-18H2,1H3,(H,32,35)/t22-,24-/m1/s1. The number of hydrogen-bond donors (Lipinski definition) is 1. The van der Waals surface area contributed by atoms with Crippen LogP contribution in [-0.2, 0) is 27.5 Å². The van der Waals surface area contributed by atoms with E-state index in [0.29, 0.717) is 35.9 Å². The summed E-state index contributed by atoms with van der Waals surface area (Å²) < 4.78 is 30.6.